The van der Waals surface area contributed by atoms with Crippen LogP contribution in [0.3, 0.4) is 0 Å². The fourth-order valence-corrected chi connectivity index (χ4v) is 4.50. The summed E-state index contributed by atoms with van der Waals surface area (Å²) in [5, 5.41) is 6.55. The lowest BCUT2D eigenvalue weighted by atomic mass is 10.0. The lowest BCUT2D eigenvalue weighted by Crippen LogP contribution is -2.40. The SMILES string of the molecule is CN(C)C(CNC(=O)C(=O)Nc1cccc(N2CCCCC2=O)c1)c1cn(C)c2ccccc12. The average molecular weight is 462 g/mol. The summed E-state index contributed by atoms with van der Waals surface area (Å²) >= 11 is 0. The number of nitrogens with one attached hydrogen (secondary N) is 2. The van der Waals surface area contributed by atoms with E-state index in [0.717, 1.165) is 35.0 Å². The highest BCUT2D eigenvalue weighted by molar-refractivity contribution is 6.39. The van der Waals surface area contributed by atoms with Crippen LogP contribution >= 0.6 is 0 Å². The van der Waals surface area contributed by atoms with Crippen LogP contribution in [-0.2, 0) is 21.4 Å². The first-order valence-electron chi connectivity index (χ1n) is 11.5. The van der Waals surface area contributed by atoms with Gasteiger partial charge in [-0.2, -0.15) is 0 Å². The van der Waals surface area contributed by atoms with Crippen LogP contribution in [-0.4, -0.2) is 54.4 Å². The highest BCUT2D eigenvalue weighted by atomic mass is 16.2. The van der Waals surface area contributed by atoms with E-state index in [1.165, 1.54) is 0 Å². The van der Waals surface area contributed by atoms with Crippen molar-refractivity contribution in [1.29, 1.82) is 0 Å². The highest BCUT2D eigenvalue weighted by Gasteiger charge is 2.23. The van der Waals surface area contributed by atoms with Crippen molar-refractivity contribution >= 4 is 40.0 Å². The molecule has 1 unspecified atom stereocenters. The molecule has 1 aromatic heterocycles. The van der Waals surface area contributed by atoms with Crippen LogP contribution in [0.25, 0.3) is 10.9 Å². The number of piperidine rings is 1. The van der Waals surface area contributed by atoms with Crippen molar-refractivity contribution < 1.29 is 14.4 Å². The second-order valence-electron chi connectivity index (χ2n) is 8.91. The molecule has 1 aliphatic rings. The molecular formula is C26H31N5O3. The van der Waals surface area contributed by atoms with E-state index in [0.29, 0.717) is 18.7 Å². The van der Waals surface area contributed by atoms with Crippen molar-refractivity contribution in [3.05, 3.63) is 60.3 Å². The molecule has 0 saturated carbocycles. The summed E-state index contributed by atoms with van der Waals surface area (Å²) in [5.41, 5.74) is 3.41. The fourth-order valence-electron chi connectivity index (χ4n) is 4.50. The number of amides is 3. The molecule has 1 saturated heterocycles. The molecule has 8 nitrogen and oxygen atoms in total. The minimum Gasteiger partial charge on any atom is -0.350 e. The first-order valence-corrected chi connectivity index (χ1v) is 11.5. The Hall–Kier alpha value is -3.65. The van der Waals surface area contributed by atoms with Crippen LogP contribution in [0.2, 0.25) is 0 Å². The zero-order chi connectivity index (χ0) is 24.2. The van der Waals surface area contributed by atoms with Crippen LogP contribution in [0.4, 0.5) is 11.4 Å². The monoisotopic (exact) mass is 461 g/mol. The molecule has 2 aromatic carbocycles. The molecule has 2 heterocycles. The standard InChI is InChI=1S/C26H31N5O3/c1-29(2)23(21-17-30(3)22-12-5-4-11-20(21)22)16-27-25(33)26(34)28-18-9-8-10-19(15-18)31-14-7-6-13-24(31)32/h4-5,8-12,15,17,23H,6-7,13-14,16H2,1-3H3,(H,27,33)(H,28,34). The van der Waals surface area contributed by atoms with Gasteiger partial charge in [-0.15, -0.1) is 0 Å². The van der Waals surface area contributed by atoms with E-state index in [2.05, 4.69) is 33.5 Å². The van der Waals surface area contributed by atoms with Gasteiger partial charge in [-0.1, -0.05) is 24.3 Å². The Morgan fingerprint density at radius 1 is 1.06 bits per heavy atom. The van der Waals surface area contributed by atoms with E-state index in [-0.39, 0.29) is 18.5 Å². The number of hydrogen-bond acceptors (Lipinski definition) is 4. The van der Waals surface area contributed by atoms with Crippen molar-refractivity contribution in [2.45, 2.75) is 25.3 Å². The topological polar surface area (TPSA) is 86.7 Å². The molecule has 1 aliphatic heterocycles. The van der Waals surface area contributed by atoms with Gasteiger partial charge in [-0.3, -0.25) is 14.4 Å². The fraction of sp³-hybridized carbons (Fsp3) is 0.346. The molecule has 4 rings (SSSR count). The summed E-state index contributed by atoms with van der Waals surface area (Å²) in [5.74, 6) is -1.36. The molecule has 0 aliphatic carbocycles. The van der Waals surface area contributed by atoms with Crippen molar-refractivity contribution in [3.8, 4) is 0 Å². The number of rotatable bonds is 6. The predicted octanol–water partition coefficient (Wildman–Crippen LogP) is 3.05. The molecular weight excluding hydrogens is 430 g/mol. The largest absolute Gasteiger partial charge is 0.350 e. The average Bonchev–Trinajstić information content (AvgIpc) is 3.15. The number of nitrogens with zero attached hydrogens (tertiary/aromatic N) is 3. The molecule has 3 amide bonds. The van der Waals surface area contributed by atoms with Gasteiger partial charge < -0.3 is 25.0 Å². The lowest BCUT2D eigenvalue weighted by Gasteiger charge is -2.27. The van der Waals surface area contributed by atoms with Crippen molar-refractivity contribution in [2.24, 2.45) is 7.05 Å². The van der Waals surface area contributed by atoms with Crippen LogP contribution in [0, 0.1) is 0 Å². The second-order valence-corrected chi connectivity index (χ2v) is 8.91. The maximum atomic E-state index is 12.6. The zero-order valence-corrected chi connectivity index (χ0v) is 19.9. The van der Waals surface area contributed by atoms with Gasteiger partial charge in [0.05, 0.1) is 6.04 Å². The quantitative estimate of drug-likeness (QED) is 0.553. The summed E-state index contributed by atoms with van der Waals surface area (Å²) in [4.78, 5) is 41.1. The van der Waals surface area contributed by atoms with Gasteiger partial charge in [-0.05, 0) is 56.8 Å². The van der Waals surface area contributed by atoms with Crippen LogP contribution < -0.4 is 15.5 Å². The van der Waals surface area contributed by atoms with Gasteiger partial charge in [0.15, 0.2) is 0 Å². The van der Waals surface area contributed by atoms with Gasteiger partial charge in [0.1, 0.15) is 0 Å². The third-order valence-corrected chi connectivity index (χ3v) is 6.31. The van der Waals surface area contributed by atoms with Gasteiger partial charge in [0.25, 0.3) is 0 Å². The van der Waals surface area contributed by atoms with E-state index in [4.69, 9.17) is 0 Å². The number of carbonyl (C=O) groups excluding carboxylic acids is 3. The molecule has 2 N–H and O–H groups in total. The van der Waals surface area contributed by atoms with Crippen LogP contribution in [0.1, 0.15) is 30.9 Å². The number of para-hydroxylation sites is 1. The summed E-state index contributed by atoms with van der Waals surface area (Å²) < 4.78 is 2.07. The van der Waals surface area contributed by atoms with Gasteiger partial charge in [0, 0.05) is 55.0 Å². The summed E-state index contributed by atoms with van der Waals surface area (Å²) in [7, 11) is 5.90. The number of aromatic nitrogens is 1. The van der Waals surface area contributed by atoms with E-state index in [1.54, 1.807) is 23.1 Å². The van der Waals surface area contributed by atoms with E-state index < -0.39 is 11.8 Å². The number of aryl methyl sites for hydroxylation is 1. The molecule has 1 fully saturated rings. The molecule has 0 spiro atoms. The van der Waals surface area contributed by atoms with E-state index >= 15 is 0 Å². The van der Waals surface area contributed by atoms with E-state index in [1.807, 2.05) is 44.2 Å². The number of hydrogen-bond donors (Lipinski definition) is 2. The number of carbonyl (C=O) groups is 3. The first kappa shape index (κ1) is 23.5. The maximum Gasteiger partial charge on any atom is 0.313 e. The van der Waals surface area contributed by atoms with Gasteiger partial charge >= 0.3 is 11.8 Å². The minimum absolute atomic E-state index is 0.0793. The third-order valence-electron chi connectivity index (χ3n) is 6.31. The summed E-state index contributed by atoms with van der Waals surface area (Å²) in [6, 6.07) is 15.1. The highest BCUT2D eigenvalue weighted by Crippen LogP contribution is 2.28. The molecule has 0 bridgehead atoms. The molecule has 1 atom stereocenters. The Bertz CT molecular complexity index is 1220. The van der Waals surface area contributed by atoms with Crippen molar-refractivity contribution in [1.82, 2.24) is 14.8 Å². The number of anilines is 2. The summed E-state index contributed by atoms with van der Waals surface area (Å²) in [6.45, 7) is 0.951. The van der Waals surface area contributed by atoms with Gasteiger partial charge in [-0.25, -0.2) is 0 Å². The Balaban J connectivity index is 1.42. The van der Waals surface area contributed by atoms with Crippen molar-refractivity contribution in [3.63, 3.8) is 0 Å². The predicted molar refractivity (Wildman–Crippen MR) is 134 cm³/mol. The third kappa shape index (κ3) is 4.97. The maximum absolute atomic E-state index is 12.6. The molecule has 8 heteroatoms. The number of likely N-dealkylation sites (N-methyl/N-ethyl adjacent to an activating group) is 1. The smallest absolute Gasteiger partial charge is 0.313 e. The Morgan fingerprint density at radius 2 is 1.85 bits per heavy atom. The van der Waals surface area contributed by atoms with Crippen LogP contribution in [0.5, 0.6) is 0 Å². The number of benzene rings is 2. The molecule has 178 valence electrons. The normalized spacial score (nSPS) is 14.9. The molecule has 34 heavy (non-hydrogen) atoms. The Kier molecular flexibility index (Phi) is 6.98. The molecule has 0 radical (unpaired) electrons. The zero-order valence-electron chi connectivity index (χ0n) is 19.9. The Labute approximate surface area is 199 Å². The van der Waals surface area contributed by atoms with Crippen molar-refractivity contribution in [2.75, 3.05) is 37.4 Å². The Morgan fingerprint density at radius 3 is 2.62 bits per heavy atom. The van der Waals surface area contributed by atoms with Crippen LogP contribution in [0.15, 0.2) is 54.7 Å². The molecule has 3 aromatic rings. The van der Waals surface area contributed by atoms with E-state index in [9.17, 15) is 14.4 Å². The van der Waals surface area contributed by atoms with Gasteiger partial charge in [0.2, 0.25) is 5.91 Å². The lowest BCUT2D eigenvalue weighted by molar-refractivity contribution is -0.136. The number of fused-ring (bicyclic) bond motifs is 1. The minimum atomic E-state index is -0.738. The first-order chi connectivity index (χ1) is 16.3. The summed E-state index contributed by atoms with van der Waals surface area (Å²) in [6.07, 6.45) is 4.45. The second kappa shape index (κ2) is 10.1.